The number of halogens is 3. The van der Waals surface area contributed by atoms with E-state index in [9.17, 15) is 13.2 Å². The largest absolute Gasteiger partial charge is 0.573 e. The van der Waals surface area contributed by atoms with Crippen molar-refractivity contribution in [1.82, 2.24) is 4.90 Å². The summed E-state index contributed by atoms with van der Waals surface area (Å²) < 4.78 is 47.0. The molecule has 2 rings (SSSR count). The van der Waals surface area contributed by atoms with Crippen molar-refractivity contribution in [2.75, 3.05) is 26.8 Å². The van der Waals surface area contributed by atoms with Crippen molar-refractivity contribution >= 4 is 0 Å². The molecule has 7 heteroatoms. The number of hydrogen-bond donors (Lipinski definition) is 1. The molecule has 0 bridgehead atoms. The van der Waals surface area contributed by atoms with Crippen molar-refractivity contribution in [2.45, 2.75) is 24.9 Å². The summed E-state index contributed by atoms with van der Waals surface area (Å²) in [7, 11) is 1.85. The molecule has 118 valence electrons. The number of hydrogen-bond acceptors (Lipinski definition) is 4. The van der Waals surface area contributed by atoms with Gasteiger partial charge in [0.15, 0.2) is 0 Å². The number of alkyl halides is 3. The van der Waals surface area contributed by atoms with Crippen LogP contribution in [-0.4, -0.2) is 44.1 Å². The number of para-hydroxylation sites is 1. The molecule has 0 spiro atoms. The van der Waals surface area contributed by atoms with Gasteiger partial charge in [-0.1, -0.05) is 18.2 Å². The van der Waals surface area contributed by atoms with E-state index in [0.29, 0.717) is 18.8 Å². The Kier molecular flexibility index (Phi) is 5.08. The molecule has 21 heavy (non-hydrogen) atoms. The third-order valence-electron chi connectivity index (χ3n) is 3.70. The van der Waals surface area contributed by atoms with Gasteiger partial charge in [0.05, 0.1) is 12.6 Å². The normalized spacial score (nSPS) is 20.8. The van der Waals surface area contributed by atoms with Crippen molar-refractivity contribution in [1.29, 1.82) is 0 Å². The molecule has 0 aliphatic carbocycles. The van der Waals surface area contributed by atoms with Crippen molar-refractivity contribution in [3.05, 3.63) is 29.8 Å². The minimum atomic E-state index is -4.72. The molecule has 1 aliphatic heterocycles. The van der Waals surface area contributed by atoms with Crippen molar-refractivity contribution in [2.24, 2.45) is 5.73 Å². The van der Waals surface area contributed by atoms with Crippen LogP contribution in [0, 0.1) is 0 Å². The molecule has 1 aromatic carbocycles. The summed E-state index contributed by atoms with van der Waals surface area (Å²) in [6.07, 6.45) is -3.88. The first-order valence-electron chi connectivity index (χ1n) is 6.77. The Morgan fingerprint density at radius 3 is 2.71 bits per heavy atom. The van der Waals surface area contributed by atoms with Gasteiger partial charge >= 0.3 is 6.36 Å². The van der Waals surface area contributed by atoms with Gasteiger partial charge in [-0.25, -0.2) is 0 Å². The van der Waals surface area contributed by atoms with E-state index < -0.39 is 6.36 Å². The number of likely N-dealkylation sites (N-methyl/N-ethyl adjacent to an activating group) is 1. The van der Waals surface area contributed by atoms with Gasteiger partial charge in [0.25, 0.3) is 0 Å². The Bertz CT molecular complexity index is 462. The van der Waals surface area contributed by atoms with Gasteiger partial charge in [-0.2, -0.15) is 0 Å². The average molecular weight is 304 g/mol. The predicted molar refractivity (Wildman–Crippen MR) is 71.9 cm³/mol. The fourth-order valence-corrected chi connectivity index (χ4v) is 2.58. The standard InChI is InChI=1S/C14H19F3N2O2/c1-19(10-6-7-20-9-10)12(8-18)11-4-2-3-5-13(11)21-14(15,16)17/h2-5,10,12H,6-9,18H2,1H3. The predicted octanol–water partition coefficient (Wildman–Crippen LogP) is 2.31. The molecular weight excluding hydrogens is 285 g/mol. The van der Waals surface area contributed by atoms with Crippen molar-refractivity contribution < 1.29 is 22.6 Å². The number of rotatable bonds is 5. The molecule has 1 fully saturated rings. The quantitative estimate of drug-likeness (QED) is 0.907. The highest BCUT2D eigenvalue weighted by Crippen LogP contribution is 2.33. The average Bonchev–Trinajstić information content (AvgIpc) is 2.93. The summed E-state index contributed by atoms with van der Waals surface area (Å²) in [6.45, 7) is 1.42. The maximum absolute atomic E-state index is 12.5. The molecule has 1 aliphatic rings. The second kappa shape index (κ2) is 6.64. The molecule has 1 heterocycles. The van der Waals surface area contributed by atoms with Crippen molar-refractivity contribution in [3.63, 3.8) is 0 Å². The minimum absolute atomic E-state index is 0.150. The molecule has 2 unspecified atom stereocenters. The van der Waals surface area contributed by atoms with Crippen LogP contribution in [0.5, 0.6) is 5.75 Å². The van der Waals surface area contributed by atoms with E-state index >= 15 is 0 Å². The van der Waals surface area contributed by atoms with Gasteiger partial charge in [0.2, 0.25) is 0 Å². The number of benzene rings is 1. The summed E-state index contributed by atoms with van der Waals surface area (Å²) in [5, 5.41) is 0. The lowest BCUT2D eigenvalue weighted by Crippen LogP contribution is -2.39. The number of nitrogens with zero attached hydrogens (tertiary/aromatic N) is 1. The lowest BCUT2D eigenvalue weighted by molar-refractivity contribution is -0.275. The van der Waals surface area contributed by atoms with E-state index in [4.69, 9.17) is 10.5 Å². The Balaban J connectivity index is 2.24. The molecule has 0 aromatic heterocycles. The first-order chi connectivity index (χ1) is 9.92. The molecule has 0 radical (unpaired) electrons. The van der Waals surface area contributed by atoms with Crippen LogP contribution in [0.2, 0.25) is 0 Å². The topological polar surface area (TPSA) is 47.7 Å². The number of nitrogens with two attached hydrogens (primary N) is 1. The third-order valence-corrected chi connectivity index (χ3v) is 3.70. The van der Waals surface area contributed by atoms with Gasteiger partial charge in [0.1, 0.15) is 5.75 Å². The van der Waals surface area contributed by atoms with Crippen LogP contribution < -0.4 is 10.5 Å². The summed E-state index contributed by atoms with van der Waals surface area (Å²) in [5.74, 6) is -0.203. The fourth-order valence-electron chi connectivity index (χ4n) is 2.58. The zero-order chi connectivity index (χ0) is 15.5. The number of ether oxygens (including phenoxy) is 2. The second-order valence-electron chi connectivity index (χ2n) is 5.02. The molecule has 1 aromatic rings. The summed E-state index contributed by atoms with van der Waals surface area (Å²) >= 11 is 0. The molecule has 1 saturated heterocycles. The SMILES string of the molecule is CN(C1CCOC1)C(CN)c1ccccc1OC(F)(F)F. The van der Waals surface area contributed by atoms with Crippen molar-refractivity contribution in [3.8, 4) is 5.75 Å². The van der Waals surface area contributed by atoms with Crippen LogP contribution >= 0.6 is 0 Å². The first kappa shape index (κ1) is 16.1. The van der Waals surface area contributed by atoms with E-state index in [2.05, 4.69) is 4.74 Å². The zero-order valence-corrected chi connectivity index (χ0v) is 11.8. The third kappa shape index (κ3) is 4.09. The van der Waals surface area contributed by atoms with Crippen LogP contribution in [-0.2, 0) is 4.74 Å². The van der Waals surface area contributed by atoms with Gasteiger partial charge in [-0.3, -0.25) is 4.90 Å². The summed E-state index contributed by atoms with van der Waals surface area (Å²) in [6, 6.07) is 5.92. The Morgan fingerprint density at radius 1 is 1.43 bits per heavy atom. The first-order valence-corrected chi connectivity index (χ1v) is 6.77. The smallest absolute Gasteiger partial charge is 0.405 e. The van der Waals surface area contributed by atoms with E-state index in [1.54, 1.807) is 12.1 Å². The molecule has 2 N–H and O–H groups in total. The van der Waals surface area contributed by atoms with Crippen LogP contribution in [0.1, 0.15) is 18.0 Å². The molecule has 2 atom stereocenters. The zero-order valence-electron chi connectivity index (χ0n) is 11.8. The van der Waals surface area contributed by atoms with Crippen LogP contribution in [0.3, 0.4) is 0 Å². The van der Waals surface area contributed by atoms with Gasteiger partial charge < -0.3 is 15.2 Å². The highest BCUT2D eigenvalue weighted by Gasteiger charge is 2.34. The molecular formula is C14H19F3N2O2. The van der Waals surface area contributed by atoms with Gasteiger partial charge in [0, 0.05) is 24.8 Å². The van der Waals surface area contributed by atoms with Gasteiger partial charge in [-0.15, -0.1) is 13.2 Å². The van der Waals surface area contributed by atoms with E-state index in [1.165, 1.54) is 12.1 Å². The highest BCUT2D eigenvalue weighted by molar-refractivity contribution is 5.36. The molecule has 0 saturated carbocycles. The maximum Gasteiger partial charge on any atom is 0.573 e. The Hall–Kier alpha value is -1.31. The highest BCUT2D eigenvalue weighted by atomic mass is 19.4. The van der Waals surface area contributed by atoms with E-state index in [0.717, 1.165) is 6.42 Å². The Labute approximate surface area is 121 Å². The summed E-state index contributed by atoms with van der Waals surface area (Å²) in [5.41, 5.74) is 6.22. The maximum atomic E-state index is 12.5. The lowest BCUT2D eigenvalue weighted by Gasteiger charge is -2.32. The fraction of sp³-hybridized carbons (Fsp3) is 0.571. The van der Waals surface area contributed by atoms with Gasteiger partial charge in [-0.05, 0) is 19.5 Å². The van der Waals surface area contributed by atoms with Crippen LogP contribution in [0.4, 0.5) is 13.2 Å². The second-order valence-corrected chi connectivity index (χ2v) is 5.02. The monoisotopic (exact) mass is 304 g/mol. The lowest BCUT2D eigenvalue weighted by atomic mass is 10.0. The van der Waals surface area contributed by atoms with Crippen LogP contribution in [0.25, 0.3) is 0 Å². The van der Waals surface area contributed by atoms with E-state index in [1.807, 2.05) is 11.9 Å². The van der Waals surface area contributed by atoms with E-state index in [-0.39, 0.29) is 24.4 Å². The van der Waals surface area contributed by atoms with Crippen LogP contribution in [0.15, 0.2) is 24.3 Å². The Morgan fingerprint density at radius 2 is 2.14 bits per heavy atom. The summed E-state index contributed by atoms with van der Waals surface area (Å²) in [4.78, 5) is 1.96. The minimum Gasteiger partial charge on any atom is -0.405 e. The molecule has 0 amide bonds. The molecule has 4 nitrogen and oxygen atoms in total.